The summed E-state index contributed by atoms with van der Waals surface area (Å²) in [6, 6.07) is 8.11. The van der Waals surface area contributed by atoms with Crippen LogP contribution in [0.25, 0.3) is 0 Å². The number of hydrogen-bond acceptors (Lipinski definition) is 1. The summed E-state index contributed by atoms with van der Waals surface area (Å²) in [5, 5.41) is 8.93. The lowest BCUT2D eigenvalue weighted by atomic mass is 9.96. The first-order chi connectivity index (χ1) is 6.72. The SMILES string of the molecule is [CH2]C(C=C)c1ccc(CC)c(C#N)c1. The first-order valence-corrected chi connectivity index (χ1v) is 4.71. The summed E-state index contributed by atoms with van der Waals surface area (Å²) in [6.45, 7) is 9.67. The summed E-state index contributed by atoms with van der Waals surface area (Å²) in [7, 11) is 0. The zero-order chi connectivity index (χ0) is 10.6. The smallest absolute Gasteiger partial charge is 0.0994 e. The van der Waals surface area contributed by atoms with E-state index < -0.39 is 0 Å². The molecule has 0 saturated carbocycles. The van der Waals surface area contributed by atoms with Crippen LogP contribution in [0.1, 0.15) is 29.5 Å². The van der Waals surface area contributed by atoms with Gasteiger partial charge in [0.05, 0.1) is 11.6 Å². The third-order valence-electron chi connectivity index (χ3n) is 2.35. The second-order valence-corrected chi connectivity index (χ2v) is 3.22. The van der Waals surface area contributed by atoms with Crippen LogP contribution in [0.2, 0.25) is 0 Å². The van der Waals surface area contributed by atoms with Gasteiger partial charge in [-0.2, -0.15) is 5.26 Å². The van der Waals surface area contributed by atoms with Crippen LogP contribution in [-0.2, 0) is 6.42 Å². The van der Waals surface area contributed by atoms with Gasteiger partial charge in [-0.1, -0.05) is 25.1 Å². The Morgan fingerprint density at radius 1 is 1.57 bits per heavy atom. The molecule has 1 aromatic carbocycles. The molecule has 1 atom stereocenters. The first kappa shape index (κ1) is 10.5. The van der Waals surface area contributed by atoms with Gasteiger partial charge in [0, 0.05) is 5.92 Å². The second kappa shape index (κ2) is 4.62. The van der Waals surface area contributed by atoms with Crippen LogP contribution in [-0.4, -0.2) is 0 Å². The number of rotatable bonds is 3. The minimum atomic E-state index is 0.0630. The molecule has 14 heavy (non-hydrogen) atoms. The highest BCUT2D eigenvalue weighted by molar-refractivity contribution is 5.42. The van der Waals surface area contributed by atoms with Crippen LogP contribution in [0.3, 0.4) is 0 Å². The molecule has 0 spiro atoms. The summed E-state index contributed by atoms with van der Waals surface area (Å²) in [5.41, 5.74) is 2.89. The quantitative estimate of drug-likeness (QED) is 0.662. The Balaban J connectivity index is 3.15. The molecule has 0 bridgehead atoms. The molecular formula is C13H14N. The van der Waals surface area contributed by atoms with E-state index in [1.165, 1.54) is 0 Å². The van der Waals surface area contributed by atoms with Gasteiger partial charge in [-0.15, -0.1) is 6.58 Å². The van der Waals surface area contributed by atoms with E-state index in [9.17, 15) is 0 Å². The topological polar surface area (TPSA) is 23.8 Å². The fraction of sp³-hybridized carbons (Fsp3) is 0.231. The van der Waals surface area contributed by atoms with Crippen molar-refractivity contribution in [1.82, 2.24) is 0 Å². The molecule has 1 rings (SSSR count). The van der Waals surface area contributed by atoms with E-state index in [0.29, 0.717) is 0 Å². The molecule has 1 nitrogen and oxygen atoms in total. The van der Waals surface area contributed by atoms with Crippen molar-refractivity contribution in [2.24, 2.45) is 0 Å². The van der Waals surface area contributed by atoms with Crippen LogP contribution in [0, 0.1) is 18.3 Å². The Morgan fingerprint density at radius 2 is 2.29 bits per heavy atom. The van der Waals surface area contributed by atoms with Gasteiger partial charge in [-0.05, 0) is 30.5 Å². The third kappa shape index (κ3) is 2.03. The van der Waals surface area contributed by atoms with Crippen molar-refractivity contribution in [2.75, 3.05) is 0 Å². The van der Waals surface area contributed by atoms with Crippen LogP contribution < -0.4 is 0 Å². The molecule has 0 N–H and O–H groups in total. The lowest BCUT2D eigenvalue weighted by Crippen LogP contribution is -1.94. The molecule has 0 aliphatic rings. The predicted molar refractivity (Wildman–Crippen MR) is 58.8 cm³/mol. The monoisotopic (exact) mass is 184 g/mol. The summed E-state index contributed by atoms with van der Waals surface area (Å²) in [6.07, 6.45) is 2.67. The molecule has 1 heteroatoms. The zero-order valence-corrected chi connectivity index (χ0v) is 8.46. The molecule has 0 aromatic heterocycles. The molecule has 0 saturated heterocycles. The number of aryl methyl sites for hydroxylation is 1. The molecule has 1 unspecified atom stereocenters. The standard InChI is InChI=1S/C13H14N/c1-4-10(3)12-7-6-11(5-2)13(8-12)9-14/h4,6-8,10H,1,3,5H2,2H3. The van der Waals surface area contributed by atoms with Crippen molar-refractivity contribution in [3.63, 3.8) is 0 Å². The maximum atomic E-state index is 8.93. The predicted octanol–water partition coefficient (Wildman–Crippen LogP) is 3.22. The van der Waals surface area contributed by atoms with Crippen molar-refractivity contribution < 1.29 is 0 Å². The van der Waals surface area contributed by atoms with Gasteiger partial charge in [-0.25, -0.2) is 0 Å². The summed E-state index contributed by atoms with van der Waals surface area (Å²) < 4.78 is 0. The van der Waals surface area contributed by atoms with Gasteiger partial charge in [0.2, 0.25) is 0 Å². The maximum absolute atomic E-state index is 8.93. The number of benzene rings is 1. The van der Waals surface area contributed by atoms with E-state index in [0.717, 1.165) is 23.1 Å². The van der Waals surface area contributed by atoms with Crippen molar-refractivity contribution >= 4 is 0 Å². The molecule has 1 radical (unpaired) electrons. The van der Waals surface area contributed by atoms with Gasteiger partial charge in [0.25, 0.3) is 0 Å². The maximum Gasteiger partial charge on any atom is 0.0994 e. The molecule has 0 heterocycles. The molecule has 0 aliphatic heterocycles. The Hall–Kier alpha value is -1.55. The first-order valence-electron chi connectivity index (χ1n) is 4.71. The number of allylic oxidation sites excluding steroid dienone is 1. The third-order valence-corrected chi connectivity index (χ3v) is 2.35. The van der Waals surface area contributed by atoms with Crippen LogP contribution >= 0.6 is 0 Å². The van der Waals surface area contributed by atoms with Gasteiger partial charge in [-0.3, -0.25) is 0 Å². The highest BCUT2D eigenvalue weighted by Crippen LogP contribution is 2.19. The molecule has 0 aliphatic carbocycles. The average molecular weight is 184 g/mol. The van der Waals surface area contributed by atoms with Crippen LogP contribution in [0.15, 0.2) is 30.9 Å². The van der Waals surface area contributed by atoms with Crippen molar-refractivity contribution in [3.05, 3.63) is 54.5 Å². The van der Waals surface area contributed by atoms with E-state index in [4.69, 9.17) is 5.26 Å². The molecule has 0 fully saturated rings. The molecule has 0 amide bonds. The van der Waals surface area contributed by atoms with Gasteiger partial charge in [0.15, 0.2) is 0 Å². The lowest BCUT2D eigenvalue weighted by Gasteiger charge is -2.08. The van der Waals surface area contributed by atoms with Crippen molar-refractivity contribution in [3.8, 4) is 6.07 Å². The average Bonchev–Trinajstić information content (AvgIpc) is 2.26. The van der Waals surface area contributed by atoms with E-state index in [1.54, 1.807) is 6.08 Å². The summed E-state index contributed by atoms with van der Waals surface area (Å²) in [4.78, 5) is 0. The highest BCUT2D eigenvalue weighted by atomic mass is 14.2. The summed E-state index contributed by atoms with van der Waals surface area (Å²) in [5.74, 6) is 0.0630. The highest BCUT2D eigenvalue weighted by Gasteiger charge is 2.05. The molecular weight excluding hydrogens is 170 g/mol. The summed E-state index contributed by atoms with van der Waals surface area (Å²) >= 11 is 0. The van der Waals surface area contributed by atoms with Crippen molar-refractivity contribution in [2.45, 2.75) is 19.3 Å². The van der Waals surface area contributed by atoms with Crippen molar-refractivity contribution in [1.29, 1.82) is 5.26 Å². The lowest BCUT2D eigenvalue weighted by molar-refractivity contribution is 1.06. The molecule has 71 valence electrons. The Morgan fingerprint density at radius 3 is 2.79 bits per heavy atom. The fourth-order valence-corrected chi connectivity index (χ4v) is 1.37. The van der Waals surface area contributed by atoms with Gasteiger partial charge in [0.1, 0.15) is 0 Å². The normalized spacial score (nSPS) is 11.8. The second-order valence-electron chi connectivity index (χ2n) is 3.22. The fourth-order valence-electron chi connectivity index (χ4n) is 1.37. The van der Waals surface area contributed by atoms with E-state index in [1.807, 2.05) is 25.1 Å². The Kier molecular flexibility index (Phi) is 3.48. The van der Waals surface area contributed by atoms with E-state index in [2.05, 4.69) is 19.6 Å². The number of hydrogen-bond donors (Lipinski definition) is 0. The van der Waals surface area contributed by atoms with Gasteiger partial charge >= 0.3 is 0 Å². The Labute approximate surface area is 85.7 Å². The largest absolute Gasteiger partial charge is 0.192 e. The minimum absolute atomic E-state index is 0.0630. The Bertz CT molecular complexity index is 371. The zero-order valence-electron chi connectivity index (χ0n) is 8.46. The van der Waals surface area contributed by atoms with Crippen LogP contribution in [0.5, 0.6) is 0 Å². The number of nitrogens with zero attached hydrogens (tertiary/aromatic N) is 1. The van der Waals surface area contributed by atoms with E-state index in [-0.39, 0.29) is 5.92 Å². The minimum Gasteiger partial charge on any atom is -0.192 e. The number of nitriles is 1. The van der Waals surface area contributed by atoms with E-state index >= 15 is 0 Å². The van der Waals surface area contributed by atoms with Gasteiger partial charge < -0.3 is 0 Å². The van der Waals surface area contributed by atoms with Crippen LogP contribution in [0.4, 0.5) is 0 Å². The molecule has 1 aromatic rings.